The molecule has 0 fully saturated rings. The van der Waals surface area contributed by atoms with E-state index in [1.54, 1.807) is 7.11 Å². The predicted molar refractivity (Wildman–Crippen MR) is 90.6 cm³/mol. The lowest BCUT2D eigenvalue weighted by atomic mass is 9.93. The highest BCUT2D eigenvalue weighted by atomic mass is 16.5. The van der Waals surface area contributed by atoms with E-state index in [9.17, 15) is 4.79 Å². The fraction of sp³-hybridized carbons (Fsp3) is 0.611. The first kappa shape index (κ1) is 18.5. The van der Waals surface area contributed by atoms with Crippen LogP contribution < -0.4 is 10.1 Å². The third-order valence-electron chi connectivity index (χ3n) is 3.66. The molecule has 4 nitrogen and oxygen atoms in total. The molecule has 124 valence electrons. The Bertz CT molecular complexity index is 502. The maximum Gasteiger partial charge on any atom is 0.256 e. The molecular formula is C18H29NO3. The Morgan fingerprint density at radius 3 is 2.23 bits per heavy atom. The van der Waals surface area contributed by atoms with E-state index in [0.717, 1.165) is 22.6 Å². The molecule has 0 radical (unpaired) electrons. The van der Waals surface area contributed by atoms with Crippen LogP contribution in [0.5, 0.6) is 5.75 Å². The highest BCUT2D eigenvalue weighted by Gasteiger charge is 2.34. The second-order valence-corrected chi connectivity index (χ2v) is 6.36. The number of benzene rings is 1. The number of rotatable bonds is 7. The van der Waals surface area contributed by atoms with E-state index in [1.165, 1.54) is 0 Å². The van der Waals surface area contributed by atoms with Crippen molar-refractivity contribution in [2.24, 2.45) is 5.92 Å². The van der Waals surface area contributed by atoms with Crippen molar-refractivity contribution in [1.29, 1.82) is 0 Å². The molecule has 1 N–H and O–H groups in total. The number of carbonyl (C=O) groups is 1. The fourth-order valence-electron chi connectivity index (χ4n) is 2.92. The number of carbonyl (C=O) groups excluding carboxylic acids is 1. The second-order valence-electron chi connectivity index (χ2n) is 6.36. The van der Waals surface area contributed by atoms with Gasteiger partial charge in [-0.25, -0.2) is 0 Å². The third kappa shape index (κ3) is 4.47. The molecule has 1 atom stereocenters. The quantitative estimate of drug-likeness (QED) is 0.825. The zero-order chi connectivity index (χ0) is 16.9. The van der Waals surface area contributed by atoms with Crippen LogP contribution in [0.3, 0.4) is 0 Å². The SMILES string of the molecule is CCO[C@@](C)(CC(C)C)C(=O)Nc1cc(C)c(OC)c(C)c1. The minimum Gasteiger partial charge on any atom is -0.496 e. The van der Waals surface area contributed by atoms with Crippen LogP contribution in [0.2, 0.25) is 0 Å². The first-order chi connectivity index (χ1) is 10.2. The molecule has 1 aromatic carbocycles. The van der Waals surface area contributed by atoms with E-state index in [2.05, 4.69) is 19.2 Å². The van der Waals surface area contributed by atoms with Crippen LogP contribution in [0.15, 0.2) is 12.1 Å². The molecule has 1 amide bonds. The van der Waals surface area contributed by atoms with Gasteiger partial charge in [0.2, 0.25) is 0 Å². The lowest BCUT2D eigenvalue weighted by Gasteiger charge is -2.30. The zero-order valence-corrected chi connectivity index (χ0v) is 14.9. The first-order valence-corrected chi connectivity index (χ1v) is 7.84. The standard InChI is InChI=1S/C18H29NO3/c1-8-22-18(6,11-12(2)3)17(20)19-15-9-13(4)16(21-7)14(5)10-15/h9-10,12H,8,11H2,1-7H3,(H,19,20)/t18-/m0/s1. The first-order valence-electron chi connectivity index (χ1n) is 7.84. The lowest BCUT2D eigenvalue weighted by Crippen LogP contribution is -2.44. The Labute approximate surface area is 134 Å². The van der Waals surface area contributed by atoms with Gasteiger partial charge in [0.15, 0.2) is 0 Å². The number of amides is 1. The predicted octanol–water partition coefficient (Wildman–Crippen LogP) is 4.09. The Morgan fingerprint density at radius 2 is 1.82 bits per heavy atom. The van der Waals surface area contributed by atoms with Crippen LogP contribution in [0.1, 0.15) is 45.2 Å². The monoisotopic (exact) mass is 307 g/mol. The third-order valence-corrected chi connectivity index (χ3v) is 3.66. The summed E-state index contributed by atoms with van der Waals surface area (Å²) in [4.78, 5) is 12.7. The van der Waals surface area contributed by atoms with E-state index in [4.69, 9.17) is 9.47 Å². The molecule has 1 aromatic rings. The number of hydrogen-bond donors (Lipinski definition) is 1. The zero-order valence-electron chi connectivity index (χ0n) is 14.9. The molecule has 1 rings (SSSR count). The molecule has 0 unspecified atom stereocenters. The largest absolute Gasteiger partial charge is 0.496 e. The Kier molecular flexibility index (Phi) is 6.42. The highest BCUT2D eigenvalue weighted by Crippen LogP contribution is 2.28. The average molecular weight is 307 g/mol. The number of aryl methyl sites for hydroxylation is 2. The summed E-state index contributed by atoms with van der Waals surface area (Å²) in [7, 11) is 1.66. The van der Waals surface area contributed by atoms with Gasteiger partial charge in [0.05, 0.1) is 7.11 Å². The van der Waals surface area contributed by atoms with E-state index in [1.807, 2.05) is 39.8 Å². The molecule has 0 bridgehead atoms. The van der Waals surface area contributed by atoms with E-state index >= 15 is 0 Å². The number of hydrogen-bond acceptors (Lipinski definition) is 3. The molecule has 0 aromatic heterocycles. The van der Waals surface area contributed by atoms with Crippen LogP contribution in [0.25, 0.3) is 0 Å². The van der Waals surface area contributed by atoms with Crippen molar-refractivity contribution in [2.75, 3.05) is 19.0 Å². The molecule has 0 heterocycles. The molecule has 0 saturated heterocycles. The Morgan fingerprint density at radius 1 is 1.27 bits per heavy atom. The molecule has 0 aliphatic heterocycles. The van der Waals surface area contributed by atoms with E-state index in [-0.39, 0.29) is 5.91 Å². The van der Waals surface area contributed by atoms with Crippen LogP contribution >= 0.6 is 0 Å². The number of anilines is 1. The van der Waals surface area contributed by atoms with Crippen LogP contribution in [-0.4, -0.2) is 25.2 Å². The summed E-state index contributed by atoms with van der Waals surface area (Å²) in [5, 5.41) is 2.99. The maximum atomic E-state index is 12.7. The van der Waals surface area contributed by atoms with Gasteiger partial charge in [0.1, 0.15) is 11.4 Å². The second kappa shape index (κ2) is 7.63. The number of ether oxygens (including phenoxy) is 2. The Balaban J connectivity index is 2.99. The van der Waals surface area contributed by atoms with Crippen molar-refractivity contribution in [3.8, 4) is 5.75 Å². The van der Waals surface area contributed by atoms with Crippen molar-refractivity contribution in [3.05, 3.63) is 23.3 Å². The summed E-state index contributed by atoms with van der Waals surface area (Å²) >= 11 is 0. The lowest BCUT2D eigenvalue weighted by molar-refractivity contribution is -0.140. The van der Waals surface area contributed by atoms with Crippen LogP contribution in [0.4, 0.5) is 5.69 Å². The smallest absolute Gasteiger partial charge is 0.256 e. The summed E-state index contributed by atoms with van der Waals surface area (Å²) in [6.45, 7) is 12.4. The maximum absolute atomic E-state index is 12.7. The van der Waals surface area contributed by atoms with Gasteiger partial charge in [-0.15, -0.1) is 0 Å². The van der Waals surface area contributed by atoms with Gasteiger partial charge in [-0.1, -0.05) is 13.8 Å². The normalized spacial score (nSPS) is 13.8. The molecular weight excluding hydrogens is 278 g/mol. The minimum absolute atomic E-state index is 0.105. The fourth-order valence-corrected chi connectivity index (χ4v) is 2.92. The van der Waals surface area contributed by atoms with Gasteiger partial charge >= 0.3 is 0 Å². The van der Waals surface area contributed by atoms with E-state index in [0.29, 0.717) is 18.9 Å². The van der Waals surface area contributed by atoms with Crippen molar-refractivity contribution in [1.82, 2.24) is 0 Å². The highest BCUT2D eigenvalue weighted by molar-refractivity contribution is 5.97. The molecule has 0 aliphatic carbocycles. The van der Waals surface area contributed by atoms with Gasteiger partial charge in [-0.3, -0.25) is 4.79 Å². The van der Waals surface area contributed by atoms with Crippen molar-refractivity contribution in [3.63, 3.8) is 0 Å². The van der Waals surface area contributed by atoms with Gasteiger partial charge in [0, 0.05) is 12.3 Å². The van der Waals surface area contributed by atoms with Crippen molar-refractivity contribution >= 4 is 11.6 Å². The van der Waals surface area contributed by atoms with Gasteiger partial charge < -0.3 is 14.8 Å². The number of nitrogens with one attached hydrogen (secondary N) is 1. The summed E-state index contributed by atoms with van der Waals surface area (Å²) < 4.78 is 11.1. The van der Waals surface area contributed by atoms with Crippen LogP contribution in [0, 0.1) is 19.8 Å². The molecule has 4 heteroatoms. The van der Waals surface area contributed by atoms with Crippen LogP contribution in [-0.2, 0) is 9.53 Å². The number of methoxy groups -OCH3 is 1. The minimum atomic E-state index is -0.815. The molecule has 22 heavy (non-hydrogen) atoms. The van der Waals surface area contributed by atoms with E-state index < -0.39 is 5.60 Å². The summed E-state index contributed by atoms with van der Waals surface area (Å²) in [6, 6.07) is 3.84. The van der Waals surface area contributed by atoms with Crippen molar-refractivity contribution < 1.29 is 14.3 Å². The van der Waals surface area contributed by atoms with Crippen molar-refractivity contribution in [2.45, 2.75) is 53.6 Å². The summed E-state index contributed by atoms with van der Waals surface area (Å²) in [5.41, 5.74) is 1.96. The van der Waals surface area contributed by atoms with Gasteiger partial charge in [0.25, 0.3) is 5.91 Å². The Hall–Kier alpha value is -1.55. The summed E-state index contributed by atoms with van der Waals surface area (Å²) in [6.07, 6.45) is 0.681. The molecule has 0 spiro atoms. The molecule has 0 saturated carbocycles. The summed E-state index contributed by atoms with van der Waals surface area (Å²) in [5.74, 6) is 1.13. The average Bonchev–Trinajstić information content (AvgIpc) is 2.37. The van der Waals surface area contributed by atoms with Gasteiger partial charge in [-0.05, 0) is 63.3 Å². The van der Waals surface area contributed by atoms with Gasteiger partial charge in [-0.2, -0.15) is 0 Å². The topological polar surface area (TPSA) is 47.6 Å². The molecule has 0 aliphatic rings.